The van der Waals surface area contributed by atoms with E-state index in [2.05, 4.69) is 72.7 Å². The molecule has 1 aromatic carbocycles. The maximum Gasteiger partial charge on any atom is 0.0398 e. The zero-order valence-corrected chi connectivity index (χ0v) is 11.3. The molecule has 0 saturated heterocycles. The third-order valence-electron chi connectivity index (χ3n) is 2.51. The molecule has 0 aliphatic carbocycles. The van der Waals surface area contributed by atoms with Crippen molar-refractivity contribution < 1.29 is 0 Å². The first-order chi connectivity index (χ1) is 6.66. The Morgan fingerprint density at radius 2 is 1.93 bits per heavy atom. The Hall–Kier alpha value is -0.250. The second kappa shape index (κ2) is 5.59. The van der Waals surface area contributed by atoms with E-state index < -0.39 is 0 Å². The van der Waals surface area contributed by atoms with Crippen molar-refractivity contribution in [3.8, 4) is 0 Å². The van der Waals surface area contributed by atoms with E-state index in [9.17, 15) is 0 Å². The summed E-state index contributed by atoms with van der Waals surface area (Å²) in [6.07, 6.45) is 1.16. The summed E-state index contributed by atoms with van der Waals surface area (Å²) in [4.78, 5) is 2.33. The Bertz CT molecular complexity index is 283. The molecule has 0 amide bonds. The van der Waals surface area contributed by atoms with Crippen LogP contribution in [0.4, 0.5) is 5.69 Å². The van der Waals surface area contributed by atoms with Gasteiger partial charge in [0, 0.05) is 23.2 Å². The molecule has 2 heteroatoms. The lowest BCUT2D eigenvalue weighted by atomic mass is 10.1. The largest absolute Gasteiger partial charge is 0.372 e. The molecule has 14 heavy (non-hydrogen) atoms. The molecular formula is C12H18IN. The molecule has 1 aromatic rings. The van der Waals surface area contributed by atoms with E-state index in [-0.39, 0.29) is 0 Å². The lowest BCUT2D eigenvalue weighted by Gasteiger charge is -2.26. The first-order valence-corrected chi connectivity index (χ1v) is 6.56. The maximum absolute atomic E-state index is 2.43. The molecule has 0 unspecified atom stereocenters. The Kier molecular flexibility index (Phi) is 4.72. The molecule has 0 spiro atoms. The van der Waals surface area contributed by atoms with Gasteiger partial charge in [-0.2, -0.15) is 0 Å². The molecule has 78 valence electrons. The van der Waals surface area contributed by atoms with Crippen molar-refractivity contribution in [2.45, 2.75) is 26.3 Å². The second-order valence-corrected chi connectivity index (χ2v) is 4.85. The highest BCUT2D eigenvalue weighted by molar-refractivity contribution is 14.1. The SMILES string of the molecule is CC(C)N(C)c1ccccc1CCI. The van der Waals surface area contributed by atoms with Crippen LogP contribution >= 0.6 is 22.6 Å². The summed E-state index contributed by atoms with van der Waals surface area (Å²) >= 11 is 2.43. The van der Waals surface area contributed by atoms with E-state index in [1.54, 1.807) is 0 Å². The Labute approximate surface area is 101 Å². The van der Waals surface area contributed by atoms with E-state index in [1.165, 1.54) is 15.7 Å². The quantitative estimate of drug-likeness (QED) is 0.608. The second-order valence-electron chi connectivity index (χ2n) is 3.77. The molecule has 0 aliphatic heterocycles. The minimum Gasteiger partial charge on any atom is -0.372 e. The van der Waals surface area contributed by atoms with Crippen molar-refractivity contribution in [3.05, 3.63) is 29.8 Å². The van der Waals surface area contributed by atoms with Crippen LogP contribution in [-0.4, -0.2) is 17.5 Å². The topological polar surface area (TPSA) is 3.24 Å². The molecule has 0 saturated carbocycles. The van der Waals surface area contributed by atoms with Gasteiger partial charge in [0.2, 0.25) is 0 Å². The summed E-state index contributed by atoms with van der Waals surface area (Å²) in [7, 11) is 2.16. The minimum absolute atomic E-state index is 0.561. The van der Waals surface area contributed by atoms with Crippen LogP contribution in [0.25, 0.3) is 0 Å². The molecule has 0 radical (unpaired) electrons. The van der Waals surface area contributed by atoms with Gasteiger partial charge in [-0.3, -0.25) is 0 Å². The van der Waals surface area contributed by atoms with Crippen LogP contribution in [0.1, 0.15) is 19.4 Å². The zero-order valence-electron chi connectivity index (χ0n) is 9.13. The number of benzene rings is 1. The smallest absolute Gasteiger partial charge is 0.0398 e. The van der Waals surface area contributed by atoms with Crippen LogP contribution in [0, 0.1) is 0 Å². The number of halogens is 1. The van der Waals surface area contributed by atoms with Gasteiger partial charge in [-0.05, 0) is 31.9 Å². The molecule has 0 fully saturated rings. The summed E-state index contributed by atoms with van der Waals surface area (Å²) in [6, 6.07) is 9.24. The van der Waals surface area contributed by atoms with Crippen molar-refractivity contribution in [2.75, 3.05) is 16.4 Å². The lowest BCUT2D eigenvalue weighted by molar-refractivity contribution is 0.750. The summed E-state index contributed by atoms with van der Waals surface area (Å²) in [5.74, 6) is 0. The van der Waals surface area contributed by atoms with Gasteiger partial charge in [-0.15, -0.1) is 0 Å². The van der Waals surface area contributed by atoms with E-state index in [0.717, 1.165) is 6.42 Å². The minimum atomic E-state index is 0.561. The van der Waals surface area contributed by atoms with Crippen molar-refractivity contribution in [2.24, 2.45) is 0 Å². The average molecular weight is 303 g/mol. The van der Waals surface area contributed by atoms with Gasteiger partial charge < -0.3 is 4.90 Å². The lowest BCUT2D eigenvalue weighted by Crippen LogP contribution is -2.26. The first kappa shape index (κ1) is 11.8. The molecule has 0 N–H and O–H groups in total. The molecule has 1 nitrogen and oxygen atoms in total. The number of anilines is 1. The maximum atomic E-state index is 2.43. The number of hydrogen-bond acceptors (Lipinski definition) is 1. The fourth-order valence-corrected chi connectivity index (χ4v) is 2.03. The van der Waals surface area contributed by atoms with Crippen LogP contribution in [-0.2, 0) is 6.42 Å². The number of rotatable bonds is 4. The third kappa shape index (κ3) is 2.87. The van der Waals surface area contributed by atoms with E-state index >= 15 is 0 Å². The Morgan fingerprint density at radius 1 is 1.29 bits per heavy atom. The molecule has 0 atom stereocenters. The summed E-state index contributed by atoms with van der Waals surface area (Å²) in [5, 5.41) is 0. The molecule has 1 rings (SSSR count). The monoisotopic (exact) mass is 303 g/mol. The average Bonchev–Trinajstić information content (AvgIpc) is 2.18. The Morgan fingerprint density at radius 3 is 2.50 bits per heavy atom. The van der Waals surface area contributed by atoms with Crippen LogP contribution in [0.15, 0.2) is 24.3 Å². The fourth-order valence-electron chi connectivity index (χ4n) is 1.45. The molecular weight excluding hydrogens is 285 g/mol. The third-order valence-corrected chi connectivity index (χ3v) is 3.05. The van der Waals surface area contributed by atoms with Gasteiger partial charge >= 0.3 is 0 Å². The zero-order chi connectivity index (χ0) is 10.6. The highest BCUT2D eigenvalue weighted by atomic mass is 127. The van der Waals surface area contributed by atoms with Crippen LogP contribution < -0.4 is 4.90 Å². The summed E-state index contributed by atoms with van der Waals surface area (Å²) < 4.78 is 1.18. The van der Waals surface area contributed by atoms with Crippen molar-refractivity contribution in [3.63, 3.8) is 0 Å². The van der Waals surface area contributed by atoms with Gasteiger partial charge in [-0.1, -0.05) is 40.8 Å². The molecule has 0 bridgehead atoms. The predicted octanol–water partition coefficient (Wildman–Crippen LogP) is 3.51. The van der Waals surface area contributed by atoms with Crippen molar-refractivity contribution >= 4 is 28.3 Å². The summed E-state index contributed by atoms with van der Waals surface area (Å²) in [6.45, 7) is 4.45. The summed E-state index contributed by atoms with van der Waals surface area (Å²) in [5.41, 5.74) is 2.83. The highest BCUT2D eigenvalue weighted by Gasteiger charge is 2.08. The van der Waals surface area contributed by atoms with Crippen LogP contribution in [0.5, 0.6) is 0 Å². The van der Waals surface area contributed by atoms with Gasteiger partial charge in [0.25, 0.3) is 0 Å². The number of alkyl halides is 1. The van der Waals surface area contributed by atoms with Gasteiger partial charge in [0.05, 0.1) is 0 Å². The Balaban J connectivity index is 2.94. The van der Waals surface area contributed by atoms with Crippen LogP contribution in [0.2, 0.25) is 0 Å². The number of hydrogen-bond donors (Lipinski definition) is 0. The number of para-hydroxylation sites is 1. The van der Waals surface area contributed by atoms with Gasteiger partial charge in [0.1, 0.15) is 0 Å². The van der Waals surface area contributed by atoms with Crippen molar-refractivity contribution in [1.29, 1.82) is 0 Å². The highest BCUT2D eigenvalue weighted by Crippen LogP contribution is 2.21. The fraction of sp³-hybridized carbons (Fsp3) is 0.500. The molecule has 0 heterocycles. The van der Waals surface area contributed by atoms with E-state index in [4.69, 9.17) is 0 Å². The van der Waals surface area contributed by atoms with Crippen molar-refractivity contribution in [1.82, 2.24) is 0 Å². The van der Waals surface area contributed by atoms with Crippen LogP contribution in [0.3, 0.4) is 0 Å². The van der Waals surface area contributed by atoms with Gasteiger partial charge in [0.15, 0.2) is 0 Å². The van der Waals surface area contributed by atoms with Gasteiger partial charge in [-0.25, -0.2) is 0 Å². The van der Waals surface area contributed by atoms with E-state index in [0.29, 0.717) is 6.04 Å². The normalized spacial score (nSPS) is 10.6. The number of aryl methyl sites for hydroxylation is 1. The first-order valence-electron chi connectivity index (χ1n) is 5.03. The number of nitrogens with zero attached hydrogens (tertiary/aromatic N) is 1. The molecule has 0 aromatic heterocycles. The predicted molar refractivity (Wildman–Crippen MR) is 72.6 cm³/mol. The molecule has 0 aliphatic rings. The van der Waals surface area contributed by atoms with E-state index in [1.807, 2.05) is 0 Å². The standard InChI is InChI=1S/C12H18IN/c1-10(2)14(3)12-7-5-4-6-11(12)8-9-13/h4-7,10H,8-9H2,1-3H3.